The summed E-state index contributed by atoms with van der Waals surface area (Å²) in [6, 6.07) is 3.57. The number of hydrogen-bond acceptors (Lipinski definition) is 3. The number of benzene rings is 1. The van der Waals surface area contributed by atoms with E-state index < -0.39 is 22.4 Å². The summed E-state index contributed by atoms with van der Waals surface area (Å²) in [5.74, 6) is 0.0319. The maximum atomic E-state index is 13.4. The summed E-state index contributed by atoms with van der Waals surface area (Å²) in [7, 11) is -3.62. The third kappa shape index (κ3) is 3.02. The highest BCUT2D eigenvalue weighted by molar-refractivity contribution is 7.89. The number of nitrogens with zero attached hydrogens (tertiary/aromatic N) is 1. The van der Waals surface area contributed by atoms with E-state index in [2.05, 4.69) is 0 Å². The molecule has 1 N–H and O–H groups in total. The first-order valence-corrected chi connectivity index (χ1v) is 8.18. The van der Waals surface area contributed by atoms with Crippen molar-refractivity contribution in [1.82, 2.24) is 4.31 Å². The predicted molar refractivity (Wildman–Crippen MR) is 74.0 cm³/mol. The molecule has 1 aliphatic rings. The smallest absolute Gasteiger partial charge is 0.243 e. The van der Waals surface area contributed by atoms with E-state index in [1.54, 1.807) is 0 Å². The molecular formula is C14H20FNO3S. The summed E-state index contributed by atoms with van der Waals surface area (Å²) in [6.07, 6.45) is 1.01. The van der Waals surface area contributed by atoms with E-state index in [9.17, 15) is 12.8 Å². The van der Waals surface area contributed by atoms with Crippen molar-refractivity contribution in [2.45, 2.75) is 31.8 Å². The average Bonchev–Trinajstić information content (AvgIpc) is 2.37. The fourth-order valence-corrected chi connectivity index (χ4v) is 4.51. The van der Waals surface area contributed by atoms with E-state index >= 15 is 0 Å². The Hall–Kier alpha value is -0.980. The van der Waals surface area contributed by atoms with Gasteiger partial charge < -0.3 is 5.11 Å². The number of rotatable bonds is 3. The largest absolute Gasteiger partial charge is 0.392 e. The molecule has 20 heavy (non-hydrogen) atoms. The third-order valence-corrected chi connectivity index (χ3v) is 5.49. The molecule has 2 unspecified atom stereocenters. The SMILES string of the molecule is CC1CC(C)CN(S(=O)(=O)c2ccc(F)c(CO)c2)C1. The number of halogens is 1. The Morgan fingerprint density at radius 1 is 1.30 bits per heavy atom. The van der Waals surface area contributed by atoms with Crippen LogP contribution in [0.3, 0.4) is 0 Å². The highest BCUT2D eigenvalue weighted by Crippen LogP contribution is 2.27. The van der Waals surface area contributed by atoms with Gasteiger partial charge in [-0.1, -0.05) is 13.8 Å². The molecular weight excluding hydrogens is 281 g/mol. The molecule has 4 nitrogen and oxygen atoms in total. The lowest BCUT2D eigenvalue weighted by Crippen LogP contribution is -2.42. The zero-order valence-corrected chi connectivity index (χ0v) is 12.5. The van der Waals surface area contributed by atoms with Gasteiger partial charge in [0.1, 0.15) is 5.82 Å². The number of hydrogen-bond donors (Lipinski definition) is 1. The highest BCUT2D eigenvalue weighted by Gasteiger charge is 2.31. The van der Waals surface area contributed by atoms with Crippen LogP contribution in [0.4, 0.5) is 4.39 Å². The number of aliphatic hydroxyl groups is 1. The molecule has 0 saturated carbocycles. The van der Waals surface area contributed by atoms with Crippen molar-refractivity contribution >= 4 is 10.0 Å². The molecule has 0 aromatic heterocycles. The maximum Gasteiger partial charge on any atom is 0.243 e. The normalized spacial score (nSPS) is 24.8. The Morgan fingerprint density at radius 3 is 2.45 bits per heavy atom. The summed E-state index contributed by atoms with van der Waals surface area (Å²) >= 11 is 0. The van der Waals surface area contributed by atoms with E-state index in [1.807, 2.05) is 13.8 Å². The van der Waals surface area contributed by atoms with Gasteiger partial charge in [0, 0.05) is 18.7 Å². The first-order chi connectivity index (χ1) is 9.34. The molecule has 1 saturated heterocycles. The van der Waals surface area contributed by atoms with Crippen molar-refractivity contribution in [3.8, 4) is 0 Å². The summed E-state index contributed by atoms with van der Waals surface area (Å²) in [6.45, 7) is 4.52. The van der Waals surface area contributed by atoms with Crippen LogP contribution in [0.1, 0.15) is 25.8 Å². The summed E-state index contributed by atoms with van der Waals surface area (Å²) in [5, 5.41) is 9.05. The Bertz CT molecular complexity index is 578. The Balaban J connectivity index is 2.34. The standard InChI is InChI=1S/C14H20FNO3S/c1-10-5-11(2)8-16(7-10)20(18,19)13-3-4-14(15)12(6-13)9-17/h3-4,6,10-11,17H,5,7-9H2,1-2H3. The van der Waals surface area contributed by atoms with E-state index in [1.165, 1.54) is 16.4 Å². The van der Waals surface area contributed by atoms with Crippen LogP contribution in [0.2, 0.25) is 0 Å². The molecule has 2 atom stereocenters. The fourth-order valence-electron chi connectivity index (χ4n) is 2.78. The van der Waals surface area contributed by atoms with Gasteiger partial charge in [0.2, 0.25) is 10.0 Å². The molecule has 1 fully saturated rings. The van der Waals surface area contributed by atoms with Crippen LogP contribution in [0.15, 0.2) is 23.1 Å². The van der Waals surface area contributed by atoms with Crippen LogP contribution in [0.5, 0.6) is 0 Å². The van der Waals surface area contributed by atoms with Crippen LogP contribution < -0.4 is 0 Å². The van der Waals surface area contributed by atoms with Gasteiger partial charge in [0.05, 0.1) is 11.5 Å². The molecule has 1 aromatic rings. The van der Waals surface area contributed by atoms with Gasteiger partial charge in [-0.2, -0.15) is 4.31 Å². The van der Waals surface area contributed by atoms with Crippen molar-refractivity contribution in [2.24, 2.45) is 11.8 Å². The second kappa shape index (κ2) is 5.79. The zero-order chi connectivity index (χ0) is 14.9. The van der Waals surface area contributed by atoms with E-state index in [4.69, 9.17) is 5.11 Å². The molecule has 1 heterocycles. The molecule has 1 aromatic carbocycles. The Morgan fingerprint density at radius 2 is 1.90 bits per heavy atom. The van der Waals surface area contributed by atoms with Crippen LogP contribution >= 0.6 is 0 Å². The second-order valence-electron chi connectivity index (χ2n) is 5.68. The predicted octanol–water partition coefficient (Wildman–Crippen LogP) is 1.98. The van der Waals surface area contributed by atoms with Crippen molar-refractivity contribution in [3.63, 3.8) is 0 Å². The highest BCUT2D eigenvalue weighted by atomic mass is 32.2. The van der Waals surface area contributed by atoms with E-state index in [0.717, 1.165) is 12.5 Å². The molecule has 1 aliphatic heterocycles. The summed E-state index contributed by atoms with van der Waals surface area (Å²) < 4.78 is 40.0. The molecule has 0 spiro atoms. The van der Waals surface area contributed by atoms with Crippen molar-refractivity contribution in [3.05, 3.63) is 29.6 Å². The minimum absolute atomic E-state index is 0.00387. The van der Waals surface area contributed by atoms with E-state index in [-0.39, 0.29) is 10.5 Å². The van der Waals surface area contributed by atoms with Crippen molar-refractivity contribution in [2.75, 3.05) is 13.1 Å². The average molecular weight is 301 g/mol. The monoisotopic (exact) mass is 301 g/mol. The molecule has 6 heteroatoms. The van der Waals surface area contributed by atoms with Gasteiger partial charge in [-0.3, -0.25) is 0 Å². The van der Waals surface area contributed by atoms with E-state index in [0.29, 0.717) is 24.9 Å². The fraction of sp³-hybridized carbons (Fsp3) is 0.571. The minimum atomic E-state index is -3.62. The van der Waals surface area contributed by atoms with Crippen LogP contribution in [0.25, 0.3) is 0 Å². The first-order valence-electron chi connectivity index (χ1n) is 6.74. The molecule has 0 bridgehead atoms. The molecule has 0 amide bonds. The van der Waals surface area contributed by atoms with Crippen LogP contribution in [0, 0.1) is 17.7 Å². The van der Waals surface area contributed by atoms with Crippen LogP contribution in [-0.4, -0.2) is 30.9 Å². The molecule has 112 valence electrons. The van der Waals surface area contributed by atoms with Crippen LogP contribution in [-0.2, 0) is 16.6 Å². The Kier molecular flexibility index (Phi) is 4.46. The van der Waals surface area contributed by atoms with Crippen molar-refractivity contribution in [1.29, 1.82) is 0 Å². The maximum absolute atomic E-state index is 13.4. The Labute approximate surface area is 119 Å². The summed E-state index contributed by atoms with van der Waals surface area (Å²) in [5.41, 5.74) is 0.00387. The number of sulfonamides is 1. The topological polar surface area (TPSA) is 57.6 Å². The second-order valence-corrected chi connectivity index (χ2v) is 7.62. The number of aliphatic hydroxyl groups excluding tert-OH is 1. The lowest BCUT2D eigenvalue weighted by Gasteiger charge is -2.34. The molecule has 0 radical (unpaired) electrons. The van der Waals surface area contributed by atoms with Gasteiger partial charge in [-0.15, -0.1) is 0 Å². The van der Waals surface area contributed by atoms with Gasteiger partial charge in [0.25, 0.3) is 0 Å². The number of piperidine rings is 1. The van der Waals surface area contributed by atoms with Crippen molar-refractivity contribution < 1.29 is 17.9 Å². The third-order valence-electron chi connectivity index (χ3n) is 3.66. The first kappa shape index (κ1) is 15.4. The summed E-state index contributed by atoms with van der Waals surface area (Å²) in [4.78, 5) is 0.0456. The van der Waals surface area contributed by atoms with Gasteiger partial charge >= 0.3 is 0 Å². The molecule has 0 aliphatic carbocycles. The van der Waals surface area contributed by atoms with Gasteiger partial charge in [0.15, 0.2) is 0 Å². The lowest BCUT2D eigenvalue weighted by molar-refractivity contribution is 0.222. The lowest BCUT2D eigenvalue weighted by atomic mass is 9.94. The molecule has 2 rings (SSSR count). The quantitative estimate of drug-likeness (QED) is 0.929. The van der Waals surface area contributed by atoms with Gasteiger partial charge in [-0.25, -0.2) is 12.8 Å². The zero-order valence-electron chi connectivity index (χ0n) is 11.7. The minimum Gasteiger partial charge on any atom is -0.392 e. The van der Waals surface area contributed by atoms with Gasteiger partial charge in [-0.05, 0) is 36.5 Å².